The number of ether oxygens (including phenoxy) is 1. The molecule has 2 aliphatic carbocycles. The predicted molar refractivity (Wildman–Crippen MR) is 129 cm³/mol. The monoisotopic (exact) mass is 501 g/mol. The number of benzene rings is 1. The first-order valence-electron chi connectivity index (χ1n) is 12.2. The van der Waals surface area contributed by atoms with E-state index in [2.05, 4.69) is 10.2 Å². The van der Waals surface area contributed by atoms with Crippen LogP contribution in [0.15, 0.2) is 34.6 Å². The summed E-state index contributed by atoms with van der Waals surface area (Å²) in [5, 5.41) is 19.8. The molecule has 0 bridgehead atoms. The molecule has 1 aromatic heterocycles. The third kappa shape index (κ3) is 6.19. The van der Waals surface area contributed by atoms with Crippen LogP contribution in [0.2, 0.25) is 0 Å². The zero-order valence-corrected chi connectivity index (χ0v) is 20.7. The van der Waals surface area contributed by atoms with E-state index in [4.69, 9.17) is 4.74 Å². The van der Waals surface area contributed by atoms with E-state index in [-0.39, 0.29) is 35.8 Å². The first kappa shape index (κ1) is 25.2. The molecule has 2 fully saturated rings. The zero-order chi connectivity index (χ0) is 24.8. The van der Waals surface area contributed by atoms with Gasteiger partial charge in [0.25, 0.3) is 11.6 Å². The van der Waals surface area contributed by atoms with Gasteiger partial charge in [0.1, 0.15) is 6.33 Å². The Labute approximate surface area is 208 Å². The van der Waals surface area contributed by atoms with E-state index in [9.17, 15) is 19.7 Å². The molecule has 0 atom stereocenters. The van der Waals surface area contributed by atoms with E-state index in [1.807, 2.05) is 4.90 Å². The molecule has 1 amide bonds. The number of aromatic nitrogens is 3. The van der Waals surface area contributed by atoms with Gasteiger partial charge < -0.3 is 14.2 Å². The lowest BCUT2D eigenvalue weighted by Crippen LogP contribution is -2.50. The van der Waals surface area contributed by atoms with Gasteiger partial charge in [0, 0.05) is 25.2 Å². The maximum Gasteiger partial charge on any atom is 0.338 e. The van der Waals surface area contributed by atoms with Crippen molar-refractivity contribution in [3.8, 4) is 0 Å². The highest BCUT2D eigenvalue weighted by molar-refractivity contribution is 7.99. The molecule has 0 aliphatic heterocycles. The van der Waals surface area contributed by atoms with E-state index in [1.165, 1.54) is 37.4 Å². The van der Waals surface area contributed by atoms with Crippen molar-refractivity contribution in [1.29, 1.82) is 0 Å². The Morgan fingerprint density at radius 3 is 2.29 bits per heavy atom. The molecule has 1 heterocycles. The second-order valence-corrected chi connectivity index (χ2v) is 10.2. The molecule has 2 aromatic rings. The highest BCUT2D eigenvalue weighted by Crippen LogP contribution is 2.34. The standard InChI is InChI=1S/C24H31N5O5S/c1-27-16-25-26-24(27)35-21-13-12-17(14-20(21)29(32)33)23(31)34-15-22(30)28(18-8-4-2-5-9-18)19-10-6-3-7-11-19/h12-14,16,18-19H,2-11,15H2,1H3. The van der Waals surface area contributed by atoms with E-state index in [0.717, 1.165) is 63.1 Å². The van der Waals surface area contributed by atoms with Crippen LogP contribution >= 0.6 is 11.8 Å². The lowest BCUT2D eigenvalue weighted by atomic mass is 9.88. The van der Waals surface area contributed by atoms with Gasteiger partial charge in [0.05, 0.1) is 15.4 Å². The number of nitrogens with zero attached hydrogens (tertiary/aromatic N) is 5. The van der Waals surface area contributed by atoms with Gasteiger partial charge in [-0.3, -0.25) is 14.9 Å². The molecule has 0 saturated heterocycles. The molecule has 35 heavy (non-hydrogen) atoms. The summed E-state index contributed by atoms with van der Waals surface area (Å²) in [5.41, 5.74) is -0.196. The summed E-state index contributed by atoms with van der Waals surface area (Å²) in [5.74, 6) is -0.912. The van der Waals surface area contributed by atoms with Gasteiger partial charge in [-0.15, -0.1) is 10.2 Å². The Morgan fingerprint density at radius 1 is 1.11 bits per heavy atom. The van der Waals surface area contributed by atoms with E-state index in [0.29, 0.717) is 10.1 Å². The lowest BCUT2D eigenvalue weighted by Gasteiger charge is -2.41. The van der Waals surface area contributed by atoms with Crippen molar-refractivity contribution in [2.24, 2.45) is 7.05 Å². The Balaban J connectivity index is 1.44. The molecular formula is C24H31N5O5S. The summed E-state index contributed by atoms with van der Waals surface area (Å²) in [6.45, 7) is -0.352. The number of aryl methyl sites for hydroxylation is 1. The summed E-state index contributed by atoms with van der Waals surface area (Å²) >= 11 is 1.08. The molecule has 0 radical (unpaired) electrons. The van der Waals surface area contributed by atoms with Crippen LogP contribution in [-0.4, -0.2) is 55.2 Å². The largest absolute Gasteiger partial charge is 0.452 e. The summed E-state index contributed by atoms with van der Waals surface area (Å²) in [4.78, 5) is 39.4. The first-order chi connectivity index (χ1) is 16.9. The minimum absolute atomic E-state index is 0.0358. The summed E-state index contributed by atoms with van der Waals surface area (Å²) in [6, 6.07) is 4.56. The summed E-state index contributed by atoms with van der Waals surface area (Å²) in [6.07, 6.45) is 12.3. The third-order valence-electron chi connectivity index (χ3n) is 6.81. The van der Waals surface area contributed by atoms with E-state index in [1.54, 1.807) is 11.6 Å². The predicted octanol–water partition coefficient (Wildman–Crippen LogP) is 4.53. The quantitative estimate of drug-likeness (QED) is 0.294. The molecule has 0 N–H and O–H groups in total. The van der Waals surface area contributed by atoms with Crippen LogP contribution in [0.25, 0.3) is 0 Å². The second kappa shape index (κ2) is 11.7. The third-order valence-corrected chi connectivity index (χ3v) is 7.93. The molecular weight excluding hydrogens is 470 g/mol. The fraction of sp³-hybridized carbons (Fsp3) is 0.583. The van der Waals surface area contributed by atoms with Gasteiger partial charge in [0.2, 0.25) is 0 Å². The Hall–Kier alpha value is -2.95. The molecule has 4 rings (SSSR count). The van der Waals surface area contributed by atoms with Crippen LogP contribution in [0.3, 0.4) is 0 Å². The molecule has 188 valence electrons. The van der Waals surface area contributed by atoms with Gasteiger partial charge in [-0.25, -0.2) is 4.79 Å². The molecule has 0 unspecified atom stereocenters. The summed E-state index contributed by atoms with van der Waals surface area (Å²) < 4.78 is 7.01. The minimum atomic E-state index is -0.746. The second-order valence-electron chi connectivity index (χ2n) is 9.23. The Bertz CT molecular complexity index is 1040. The molecule has 1 aromatic carbocycles. The van der Waals surface area contributed by atoms with Crippen LogP contribution in [0.1, 0.15) is 74.6 Å². The van der Waals surface area contributed by atoms with Crippen molar-refractivity contribution in [2.75, 3.05) is 6.61 Å². The van der Waals surface area contributed by atoms with Crippen LogP contribution in [0.5, 0.6) is 0 Å². The number of carbonyl (C=O) groups excluding carboxylic acids is 2. The van der Waals surface area contributed by atoms with Gasteiger partial charge >= 0.3 is 5.97 Å². The maximum atomic E-state index is 13.2. The molecule has 0 spiro atoms. The Morgan fingerprint density at radius 2 is 1.74 bits per heavy atom. The van der Waals surface area contributed by atoms with Gasteiger partial charge in [-0.2, -0.15) is 0 Å². The van der Waals surface area contributed by atoms with Crippen molar-refractivity contribution in [3.63, 3.8) is 0 Å². The van der Waals surface area contributed by atoms with E-state index >= 15 is 0 Å². The lowest BCUT2D eigenvalue weighted by molar-refractivity contribution is -0.387. The Kier molecular flexibility index (Phi) is 8.37. The van der Waals surface area contributed by atoms with E-state index < -0.39 is 10.9 Å². The maximum absolute atomic E-state index is 13.2. The number of amides is 1. The van der Waals surface area contributed by atoms with Crippen LogP contribution in [-0.2, 0) is 16.6 Å². The van der Waals surface area contributed by atoms with Crippen molar-refractivity contribution in [3.05, 3.63) is 40.2 Å². The van der Waals surface area contributed by atoms with Crippen LogP contribution in [0.4, 0.5) is 5.69 Å². The highest BCUT2D eigenvalue weighted by Gasteiger charge is 2.33. The number of carbonyl (C=O) groups is 2. The molecule has 11 heteroatoms. The van der Waals surface area contributed by atoms with Crippen molar-refractivity contribution >= 4 is 29.3 Å². The number of hydrogen-bond acceptors (Lipinski definition) is 8. The van der Waals surface area contributed by atoms with Gasteiger partial charge in [0.15, 0.2) is 11.8 Å². The molecule has 2 aliphatic rings. The number of esters is 1. The normalized spacial score (nSPS) is 17.2. The highest BCUT2D eigenvalue weighted by atomic mass is 32.2. The number of hydrogen-bond donors (Lipinski definition) is 0. The average Bonchev–Trinajstić information content (AvgIpc) is 3.28. The average molecular weight is 502 g/mol. The SMILES string of the molecule is Cn1cnnc1Sc1ccc(C(=O)OCC(=O)N(C2CCCCC2)C2CCCCC2)cc1[N+](=O)[O-]. The van der Waals surface area contributed by atoms with Crippen molar-refractivity contribution in [2.45, 2.75) is 86.3 Å². The van der Waals surface area contributed by atoms with Gasteiger partial charge in [-0.05, 0) is 49.6 Å². The zero-order valence-electron chi connectivity index (χ0n) is 19.9. The van der Waals surface area contributed by atoms with Gasteiger partial charge in [-0.1, -0.05) is 38.5 Å². The molecule has 2 saturated carbocycles. The number of nitro groups is 1. The number of nitro benzene ring substituents is 1. The smallest absolute Gasteiger partial charge is 0.338 e. The van der Waals surface area contributed by atoms with Crippen molar-refractivity contribution in [1.82, 2.24) is 19.7 Å². The number of rotatable bonds is 8. The van der Waals surface area contributed by atoms with Crippen molar-refractivity contribution < 1.29 is 19.2 Å². The molecule has 10 nitrogen and oxygen atoms in total. The first-order valence-corrected chi connectivity index (χ1v) is 13.0. The minimum Gasteiger partial charge on any atom is -0.452 e. The fourth-order valence-corrected chi connectivity index (χ4v) is 5.90. The topological polar surface area (TPSA) is 120 Å². The van der Waals surface area contributed by atoms with Crippen LogP contribution in [0, 0.1) is 10.1 Å². The van der Waals surface area contributed by atoms with Crippen LogP contribution < -0.4 is 0 Å². The fourth-order valence-electron chi connectivity index (χ4n) is 5.05. The summed E-state index contributed by atoms with van der Waals surface area (Å²) in [7, 11) is 1.74.